The Kier molecular flexibility index (Phi) is 9.26. The van der Waals surface area contributed by atoms with Gasteiger partial charge >= 0.3 is 5.97 Å². The third-order valence-corrected chi connectivity index (χ3v) is 4.73. The molecule has 3 atom stereocenters. The summed E-state index contributed by atoms with van der Waals surface area (Å²) in [7, 11) is 1.37. The van der Waals surface area contributed by atoms with Crippen molar-refractivity contribution in [1.29, 1.82) is 0 Å². The number of aliphatic hydroxyl groups is 1. The number of benzene rings is 1. The number of rotatable bonds is 10. The van der Waals surface area contributed by atoms with Crippen LogP contribution in [0.2, 0.25) is 0 Å². The topological polar surface area (TPSA) is 72.8 Å². The van der Waals surface area contributed by atoms with E-state index in [0.717, 1.165) is 6.42 Å². The molecule has 1 aliphatic carbocycles. The van der Waals surface area contributed by atoms with Crippen LogP contribution in [0.3, 0.4) is 0 Å². The monoisotopic (exact) mass is 384 g/mol. The van der Waals surface area contributed by atoms with E-state index in [2.05, 4.69) is 10.5 Å². The molecule has 1 fully saturated rings. The van der Waals surface area contributed by atoms with Crippen LogP contribution in [0.25, 0.3) is 0 Å². The minimum atomic E-state index is -0.717. The predicted molar refractivity (Wildman–Crippen MR) is 107 cm³/mol. The van der Waals surface area contributed by atoms with Crippen molar-refractivity contribution in [3.63, 3.8) is 0 Å². The zero-order chi connectivity index (χ0) is 20.2. The zero-order valence-electron chi connectivity index (χ0n) is 16.3. The number of aliphatic hydroxyl groups excluding tert-OH is 1. The zero-order valence-corrected chi connectivity index (χ0v) is 16.3. The molecule has 2 rings (SSSR count). The van der Waals surface area contributed by atoms with Crippen molar-refractivity contribution in [3.05, 3.63) is 60.4 Å². The van der Waals surface area contributed by atoms with Crippen LogP contribution in [-0.4, -0.2) is 36.7 Å². The first-order valence-corrected chi connectivity index (χ1v) is 9.63. The number of carbonyl (C=O) groups excluding carboxylic acids is 2. The Morgan fingerprint density at radius 2 is 2.11 bits per heavy atom. The fourth-order valence-corrected chi connectivity index (χ4v) is 3.15. The fourth-order valence-electron chi connectivity index (χ4n) is 3.15. The summed E-state index contributed by atoms with van der Waals surface area (Å²) in [5.41, 5.74) is 3.03. The Hall–Kier alpha value is -2.62. The van der Waals surface area contributed by atoms with Crippen LogP contribution in [0.5, 0.6) is 5.75 Å². The van der Waals surface area contributed by atoms with E-state index < -0.39 is 6.10 Å². The van der Waals surface area contributed by atoms with Gasteiger partial charge in [-0.15, -0.1) is 5.73 Å². The van der Waals surface area contributed by atoms with Crippen LogP contribution >= 0.6 is 0 Å². The van der Waals surface area contributed by atoms with Crippen LogP contribution in [0.4, 0.5) is 0 Å². The van der Waals surface area contributed by atoms with Gasteiger partial charge in [0.25, 0.3) is 0 Å². The quantitative estimate of drug-likeness (QED) is 0.379. The molecule has 28 heavy (non-hydrogen) atoms. The number of ether oxygens (including phenoxy) is 2. The summed E-state index contributed by atoms with van der Waals surface area (Å²) in [6.07, 6.45) is 9.44. The molecule has 0 bridgehead atoms. The van der Waals surface area contributed by atoms with Gasteiger partial charge in [0.15, 0.2) is 0 Å². The van der Waals surface area contributed by atoms with E-state index in [4.69, 9.17) is 4.74 Å². The van der Waals surface area contributed by atoms with Crippen LogP contribution in [0.15, 0.2) is 60.4 Å². The predicted octanol–water partition coefficient (Wildman–Crippen LogP) is 3.63. The first-order valence-electron chi connectivity index (χ1n) is 9.63. The van der Waals surface area contributed by atoms with Gasteiger partial charge in [-0.2, -0.15) is 0 Å². The van der Waals surface area contributed by atoms with Crippen molar-refractivity contribution in [3.8, 4) is 5.75 Å². The van der Waals surface area contributed by atoms with E-state index in [1.165, 1.54) is 7.11 Å². The lowest BCUT2D eigenvalue weighted by molar-refractivity contribution is -0.140. The first-order chi connectivity index (χ1) is 13.6. The molecular formula is C23H28O5. The average molecular weight is 384 g/mol. The van der Waals surface area contributed by atoms with Crippen molar-refractivity contribution < 1.29 is 24.2 Å². The number of methoxy groups -OCH3 is 1. The standard InChI is InChI=1S/C23H28O5/c1-27-23(26)12-8-3-2-7-11-21-18(14-16-22(21)25)13-15-19(24)17-28-20-9-5-4-6-10-20/h3-7,9-10,13,15,18-19,21,24H,8,11-12,14,16-17H2,1H3. The molecule has 1 N–H and O–H groups in total. The van der Waals surface area contributed by atoms with Gasteiger partial charge in [-0.05, 0) is 49.5 Å². The summed E-state index contributed by atoms with van der Waals surface area (Å²) >= 11 is 0. The first kappa shape index (κ1) is 21.7. The third kappa shape index (κ3) is 7.55. The largest absolute Gasteiger partial charge is 0.491 e. The number of para-hydroxylation sites is 1. The molecule has 0 spiro atoms. The van der Waals surface area contributed by atoms with Crippen molar-refractivity contribution in [2.45, 2.75) is 38.2 Å². The van der Waals surface area contributed by atoms with Crippen molar-refractivity contribution in [2.75, 3.05) is 13.7 Å². The minimum absolute atomic E-state index is 0.0833. The molecule has 1 aliphatic rings. The van der Waals surface area contributed by atoms with E-state index in [0.29, 0.717) is 31.4 Å². The van der Waals surface area contributed by atoms with Gasteiger partial charge in [0, 0.05) is 18.8 Å². The summed E-state index contributed by atoms with van der Waals surface area (Å²) in [5, 5.41) is 10.1. The number of hydrogen-bond acceptors (Lipinski definition) is 5. The molecule has 1 aromatic rings. The average Bonchev–Trinajstić information content (AvgIpc) is 3.07. The molecule has 3 unspecified atom stereocenters. The second kappa shape index (κ2) is 12.0. The molecule has 0 amide bonds. The van der Waals surface area contributed by atoms with Crippen molar-refractivity contribution in [2.24, 2.45) is 11.8 Å². The fraction of sp³-hybridized carbons (Fsp3) is 0.435. The Bertz CT molecular complexity index is 716. The molecule has 5 heteroatoms. The molecule has 0 aromatic heterocycles. The van der Waals surface area contributed by atoms with Gasteiger partial charge in [-0.1, -0.05) is 30.4 Å². The lowest BCUT2D eigenvalue weighted by Crippen LogP contribution is -2.16. The summed E-state index contributed by atoms with van der Waals surface area (Å²) in [4.78, 5) is 23.2. The molecule has 0 radical (unpaired) electrons. The van der Waals surface area contributed by atoms with Gasteiger partial charge in [-0.3, -0.25) is 9.59 Å². The Morgan fingerprint density at radius 3 is 2.86 bits per heavy atom. The van der Waals surface area contributed by atoms with Gasteiger partial charge in [-0.25, -0.2) is 0 Å². The van der Waals surface area contributed by atoms with E-state index in [-0.39, 0.29) is 30.2 Å². The van der Waals surface area contributed by atoms with Gasteiger partial charge in [0.05, 0.1) is 7.11 Å². The van der Waals surface area contributed by atoms with Crippen LogP contribution in [0, 0.1) is 11.8 Å². The highest BCUT2D eigenvalue weighted by atomic mass is 16.5. The normalized spacial score (nSPS) is 19.9. The molecule has 0 heterocycles. The Labute approximate surface area is 166 Å². The minimum Gasteiger partial charge on any atom is -0.491 e. The lowest BCUT2D eigenvalue weighted by Gasteiger charge is -2.14. The van der Waals surface area contributed by atoms with Crippen molar-refractivity contribution >= 4 is 11.8 Å². The molecule has 0 saturated heterocycles. The van der Waals surface area contributed by atoms with Crippen LogP contribution in [-0.2, 0) is 14.3 Å². The SMILES string of the molecule is COC(=O)CCC=C=CCC1C(=O)CCC1C=CC(O)COc1ccccc1. The Morgan fingerprint density at radius 1 is 1.32 bits per heavy atom. The highest BCUT2D eigenvalue weighted by Gasteiger charge is 2.31. The van der Waals surface area contributed by atoms with Crippen LogP contribution < -0.4 is 4.74 Å². The van der Waals surface area contributed by atoms with Gasteiger partial charge < -0.3 is 14.6 Å². The molecule has 5 nitrogen and oxygen atoms in total. The Balaban J connectivity index is 1.79. The van der Waals surface area contributed by atoms with Crippen LogP contribution in [0.1, 0.15) is 32.1 Å². The summed E-state index contributed by atoms with van der Waals surface area (Å²) in [5.74, 6) is 0.751. The van der Waals surface area contributed by atoms with E-state index >= 15 is 0 Å². The highest BCUT2D eigenvalue weighted by Crippen LogP contribution is 2.32. The molecule has 0 aliphatic heterocycles. The smallest absolute Gasteiger partial charge is 0.305 e. The maximum atomic E-state index is 12.1. The molecular weight excluding hydrogens is 356 g/mol. The lowest BCUT2D eigenvalue weighted by atomic mass is 9.91. The number of esters is 1. The summed E-state index contributed by atoms with van der Waals surface area (Å²) in [6.45, 7) is 0.175. The number of carbonyl (C=O) groups is 2. The number of ketones is 1. The maximum Gasteiger partial charge on any atom is 0.305 e. The van der Waals surface area contributed by atoms with Gasteiger partial charge in [0.2, 0.25) is 0 Å². The summed E-state index contributed by atoms with van der Waals surface area (Å²) in [6, 6.07) is 9.34. The van der Waals surface area contributed by atoms with Crippen molar-refractivity contribution in [1.82, 2.24) is 0 Å². The van der Waals surface area contributed by atoms with E-state index in [9.17, 15) is 14.7 Å². The number of allylic oxidation sites excluding steroid dienone is 2. The van der Waals surface area contributed by atoms with Gasteiger partial charge in [0.1, 0.15) is 24.2 Å². The molecule has 1 saturated carbocycles. The number of hydrogen-bond donors (Lipinski definition) is 1. The molecule has 1 aromatic carbocycles. The number of Topliss-reactive ketones (excluding diaryl/α,β-unsaturated/α-hetero) is 1. The maximum absolute atomic E-state index is 12.1. The second-order valence-corrected chi connectivity index (χ2v) is 6.78. The third-order valence-electron chi connectivity index (χ3n) is 4.73. The highest BCUT2D eigenvalue weighted by molar-refractivity contribution is 5.83. The van der Waals surface area contributed by atoms with E-state index in [1.54, 1.807) is 12.2 Å². The molecule has 150 valence electrons. The van der Waals surface area contributed by atoms with E-state index in [1.807, 2.05) is 42.5 Å². The second-order valence-electron chi connectivity index (χ2n) is 6.78. The summed E-state index contributed by atoms with van der Waals surface area (Å²) < 4.78 is 10.1.